The van der Waals surface area contributed by atoms with E-state index in [-0.39, 0.29) is 5.56 Å². The lowest BCUT2D eigenvalue weighted by atomic mass is 10.0. The van der Waals surface area contributed by atoms with E-state index in [9.17, 15) is 14.4 Å². The number of ether oxygens (including phenoxy) is 1. The van der Waals surface area contributed by atoms with E-state index in [1.54, 1.807) is 30.3 Å². The first-order chi connectivity index (χ1) is 11.5. The Morgan fingerprint density at radius 3 is 2.21 bits per heavy atom. The number of nitrogens with one attached hydrogen (secondary N) is 1. The number of rotatable bonds is 6. The quantitative estimate of drug-likeness (QED) is 0.217. The smallest absolute Gasteiger partial charge is 0.381 e. The predicted octanol–water partition coefficient (Wildman–Crippen LogP) is 2.73. The zero-order valence-corrected chi connectivity index (χ0v) is 13.4. The van der Waals surface area contributed by atoms with Gasteiger partial charge in [0.2, 0.25) is 5.78 Å². The standard InChI is InChI=1S/C17H13ClN2O4/c1-24-17(23)16(22)14(20-19-13-5-3-2-4-6-13)15(21)11-7-9-12(18)10-8-11/h2-10,19H,1H3. The molecule has 2 rings (SSSR count). The maximum absolute atomic E-state index is 12.5. The number of ketones is 2. The van der Waals surface area contributed by atoms with E-state index in [0.29, 0.717) is 10.7 Å². The third kappa shape index (κ3) is 4.27. The summed E-state index contributed by atoms with van der Waals surface area (Å²) in [6, 6.07) is 14.6. The van der Waals surface area contributed by atoms with Gasteiger partial charge in [0.25, 0.3) is 5.78 Å². The van der Waals surface area contributed by atoms with Gasteiger partial charge in [-0.25, -0.2) is 4.79 Å². The van der Waals surface area contributed by atoms with Crippen LogP contribution < -0.4 is 5.43 Å². The predicted molar refractivity (Wildman–Crippen MR) is 90.3 cm³/mol. The van der Waals surface area contributed by atoms with E-state index >= 15 is 0 Å². The molecule has 0 atom stereocenters. The highest BCUT2D eigenvalue weighted by Crippen LogP contribution is 2.12. The van der Waals surface area contributed by atoms with Crippen molar-refractivity contribution in [1.29, 1.82) is 0 Å². The van der Waals surface area contributed by atoms with Crippen LogP contribution in [-0.2, 0) is 14.3 Å². The minimum atomic E-state index is -1.18. The van der Waals surface area contributed by atoms with E-state index in [2.05, 4.69) is 15.3 Å². The molecule has 0 radical (unpaired) electrons. The van der Waals surface area contributed by atoms with Gasteiger partial charge in [-0.15, -0.1) is 0 Å². The van der Waals surface area contributed by atoms with Crippen molar-refractivity contribution in [2.75, 3.05) is 12.5 Å². The third-order valence-corrected chi connectivity index (χ3v) is 3.23. The fraction of sp³-hybridized carbons (Fsp3) is 0.0588. The van der Waals surface area contributed by atoms with E-state index < -0.39 is 23.2 Å². The molecule has 122 valence electrons. The van der Waals surface area contributed by atoms with Gasteiger partial charge in [0.1, 0.15) is 0 Å². The van der Waals surface area contributed by atoms with Gasteiger partial charge >= 0.3 is 5.97 Å². The number of methoxy groups -OCH3 is 1. The molecule has 0 aliphatic rings. The molecule has 2 aromatic carbocycles. The van der Waals surface area contributed by atoms with Crippen molar-refractivity contribution in [1.82, 2.24) is 0 Å². The highest BCUT2D eigenvalue weighted by atomic mass is 35.5. The molecular formula is C17H13ClN2O4. The van der Waals surface area contributed by atoms with Crippen molar-refractivity contribution < 1.29 is 19.1 Å². The molecule has 0 saturated heterocycles. The van der Waals surface area contributed by atoms with Crippen molar-refractivity contribution in [2.24, 2.45) is 5.10 Å². The second kappa shape index (κ2) is 8.03. The Morgan fingerprint density at radius 2 is 1.62 bits per heavy atom. The van der Waals surface area contributed by atoms with Crippen LogP contribution in [0.5, 0.6) is 0 Å². The molecule has 0 unspecified atom stereocenters. The van der Waals surface area contributed by atoms with Crippen molar-refractivity contribution in [3.05, 3.63) is 65.2 Å². The van der Waals surface area contributed by atoms with Crippen LogP contribution in [-0.4, -0.2) is 30.4 Å². The van der Waals surface area contributed by atoms with Crippen LogP contribution in [0.4, 0.5) is 5.69 Å². The minimum Gasteiger partial charge on any atom is -0.463 e. The lowest BCUT2D eigenvalue weighted by molar-refractivity contribution is -0.148. The average Bonchev–Trinajstić information content (AvgIpc) is 2.62. The Bertz CT molecular complexity index is 786. The highest BCUT2D eigenvalue weighted by Gasteiger charge is 2.28. The zero-order valence-electron chi connectivity index (χ0n) is 12.7. The molecule has 0 bridgehead atoms. The Morgan fingerprint density at radius 1 is 1.00 bits per heavy atom. The maximum Gasteiger partial charge on any atom is 0.381 e. The van der Waals surface area contributed by atoms with Crippen LogP contribution in [0.1, 0.15) is 10.4 Å². The van der Waals surface area contributed by atoms with Gasteiger partial charge in [-0.1, -0.05) is 29.8 Å². The Labute approximate surface area is 143 Å². The Hall–Kier alpha value is -2.99. The molecule has 0 amide bonds. The summed E-state index contributed by atoms with van der Waals surface area (Å²) in [7, 11) is 1.05. The van der Waals surface area contributed by atoms with Crippen LogP contribution in [0.15, 0.2) is 59.7 Å². The minimum absolute atomic E-state index is 0.172. The Balaban J connectivity index is 2.35. The zero-order chi connectivity index (χ0) is 17.5. The second-order valence-electron chi connectivity index (χ2n) is 4.59. The number of Topliss-reactive ketones (excluding diaryl/α,β-unsaturated/α-hetero) is 2. The monoisotopic (exact) mass is 344 g/mol. The number of esters is 1. The summed E-state index contributed by atoms with van der Waals surface area (Å²) >= 11 is 5.78. The van der Waals surface area contributed by atoms with Gasteiger partial charge < -0.3 is 4.74 Å². The fourth-order valence-corrected chi connectivity index (χ4v) is 1.89. The highest BCUT2D eigenvalue weighted by molar-refractivity contribution is 6.80. The molecule has 2 aromatic rings. The topological polar surface area (TPSA) is 84.8 Å². The molecule has 0 saturated carbocycles. The molecule has 0 fully saturated rings. The summed E-state index contributed by atoms with van der Waals surface area (Å²) < 4.78 is 4.38. The first-order valence-corrected chi connectivity index (χ1v) is 7.22. The SMILES string of the molecule is COC(=O)C(=O)C(=NNc1ccccc1)C(=O)c1ccc(Cl)cc1. The van der Waals surface area contributed by atoms with Gasteiger partial charge in [-0.2, -0.15) is 5.10 Å². The van der Waals surface area contributed by atoms with E-state index in [1.165, 1.54) is 24.3 Å². The molecule has 7 heteroatoms. The molecular weight excluding hydrogens is 332 g/mol. The summed E-state index contributed by atoms with van der Waals surface area (Å²) in [4.78, 5) is 36.1. The number of benzene rings is 2. The van der Waals surface area contributed by atoms with Crippen molar-refractivity contribution in [3.8, 4) is 0 Å². The number of hydrazone groups is 1. The molecule has 0 aliphatic carbocycles. The van der Waals surface area contributed by atoms with Gasteiger partial charge in [0.05, 0.1) is 12.8 Å². The van der Waals surface area contributed by atoms with Gasteiger partial charge in [-0.3, -0.25) is 15.0 Å². The van der Waals surface area contributed by atoms with Crippen molar-refractivity contribution >= 4 is 40.5 Å². The molecule has 0 aliphatic heterocycles. The average molecular weight is 345 g/mol. The number of nitrogens with zero attached hydrogens (tertiary/aromatic N) is 1. The lowest BCUT2D eigenvalue weighted by Gasteiger charge is -2.06. The van der Waals surface area contributed by atoms with Crippen molar-refractivity contribution in [3.63, 3.8) is 0 Å². The number of para-hydroxylation sites is 1. The van der Waals surface area contributed by atoms with E-state index in [0.717, 1.165) is 7.11 Å². The summed E-state index contributed by atoms with van der Waals surface area (Å²) in [5, 5.41) is 4.23. The van der Waals surface area contributed by atoms with Crippen LogP contribution in [0.2, 0.25) is 5.02 Å². The van der Waals surface area contributed by atoms with Crippen molar-refractivity contribution in [2.45, 2.75) is 0 Å². The van der Waals surface area contributed by atoms with Crippen LogP contribution >= 0.6 is 11.6 Å². The maximum atomic E-state index is 12.5. The number of halogens is 1. The van der Waals surface area contributed by atoms with Gasteiger partial charge in [0, 0.05) is 10.6 Å². The largest absolute Gasteiger partial charge is 0.463 e. The molecule has 6 nitrogen and oxygen atoms in total. The number of hydrogen-bond acceptors (Lipinski definition) is 6. The third-order valence-electron chi connectivity index (χ3n) is 2.98. The molecule has 0 aromatic heterocycles. The van der Waals surface area contributed by atoms with Gasteiger partial charge in [0.15, 0.2) is 5.71 Å². The summed E-state index contributed by atoms with van der Waals surface area (Å²) in [6.45, 7) is 0. The lowest BCUT2D eigenvalue weighted by Crippen LogP contribution is -2.32. The number of carbonyl (C=O) groups is 3. The molecule has 0 spiro atoms. The summed E-state index contributed by atoms with van der Waals surface area (Å²) in [5.74, 6) is -3.03. The first kappa shape index (κ1) is 17.4. The fourth-order valence-electron chi connectivity index (χ4n) is 1.77. The molecule has 24 heavy (non-hydrogen) atoms. The van der Waals surface area contributed by atoms with Crippen LogP contribution in [0.3, 0.4) is 0 Å². The normalized spacial score (nSPS) is 10.8. The van der Waals surface area contributed by atoms with Crippen LogP contribution in [0.25, 0.3) is 0 Å². The van der Waals surface area contributed by atoms with E-state index in [1.807, 2.05) is 0 Å². The van der Waals surface area contributed by atoms with Gasteiger partial charge in [-0.05, 0) is 36.4 Å². The first-order valence-electron chi connectivity index (χ1n) is 6.84. The van der Waals surface area contributed by atoms with E-state index in [4.69, 9.17) is 11.6 Å². The Kier molecular flexibility index (Phi) is 5.81. The van der Waals surface area contributed by atoms with Crippen LogP contribution in [0, 0.1) is 0 Å². The number of anilines is 1. The summed E-state index contributed by atoms with van der Waals surface area (Å²) in [6.07, 6.45) is 0. The molecule has 0 heterocycles. The second-order valence-corrected chi connectivity index (χ2v) is 5.03. The number of carbonyl (C=O) groups excluding carboxylic acids is 3. The summed E-state index contributed by atoms with van der Waals surface area (Å²) in [5.41, 5.74) is 2.73. The molecule has 1 N–H and O–H groups in total. The number of hydrogen-bond donors (Lipinski definition) is 1.